The summed E-state index contributed by atoms with van der Waals surface area (Å²) in [7, 11) is 0. The smallest absolute Gasteiger partial charge is 0.260 e. The minimum absolute atomic E-state index is 0.00533. The molecular weight excluding hydrogens is 302 g/mol. The highest BCUT2D eigenvalue weighted by Gasteiger charge is 2.13. The molecule has 0 amide bonds. The van der Waals surface area contributed by atoms with Gasteiger partial charge in [0, 0.05) is 16.7 Å². The van der Waals surface area contributed by atoms with Gasteiger partial charge in [-0.1, -0.05) is 25.1 Å². The van der Waals surface area contributed by atoms with E-state index < -0.39 is 0 Å². The average Bonchev–Trinajstić information content (AvgIpc) is 2.92. The Balaban J connectivity index is 1.65. The van der Waals surface area contributed by atoms with Crippen molar-refractivity contribution in [2.45, 2.75) is 50.2 Å². The number of aromatic amines is 1. The third kappa shape index (κ3) is 3.67. The number of nitrogens with zero attached hydrogens (tertiary/aromatic N) is 1. The van der Waals surface area contributed by atoms with Crippen LogP contribution in [0.15, 0.2) is 16.0 Å². The summed E-state index contributed by atoms with van der Waals surface area (Å²) < 4.78 is 0. The minimum Gasteiger partial charge on any atom is -0.314 e. The molecule has 0 aliphatic carbocycles. The zero-order chi connectivity index (χ0) is 14.7. The fourth-order valence-electron chi connectivity index (χ4n) is 2.67. The SMILES string of the molecule is CCc1cc2c(=O)[nH]c(SCCC3CCCCN3)nc2s1. The van der Waals surface area contributed by atoms with Gasteiger partial charge in [0.1, 0.15) is 4.83 Å². The number of thioether (sulfide) groups is 1. The summed E-state index contributed by atoms with van der Waals surface area (Å²) in [6.07, 6.45) is 5.99. The van der Waals surface area contributed by atoms with E-state index in [-0.39, 0.29) is 5.56 Å². The van der Waals surface area contributed by atoms with E-state index >= 15 is 0 Å². The van der Waals surface area contributed by atoms with Gasteiger partial charge in [0.15, 0.2) is 5.16 Å². The summed E-state index contributed by atoms with van der Waals surface area (Å²) in [6.45, 7) is 3.25. The molecule has 114 valence electrons. The van der Waals surface area contributed by atoms with E-state index in [0.717, 1.165) is 40.5 Å². The van der Waals surface area contributed by atoms with Crippen LogP contribution in [0.4, 0.5) is 0 Å². The minimum atomic E-state index is -0.00533. The third-order valence-electron chi connectivity index (χ3n) is 3.90. The van der Waals surface area contributed by atoms with Crippen molar-refractivity contribution >= 4 is 33.3 Å². The second-order valence-corrected chi connectivity index (χ2v) is 7.64. The molecule has 4 nitrogen and oxygen atoms in total. The van der Waals surface area contributed by atoms with Gasteiger partial charge in [0.2, 0.25) is 0 Å². The molecule has 0 radical (unpaired) electrons. The highest BCUT2D eigenvalue weighted by atomic mass is 32.2. The topological polar surface area (TPSA) is 57.8 Å². The molecule has 2 aromatic heterocycles. The summed E-state index contributed by atoms with van der Waals surface area (Å²) in [5.41, 5.74) is -0.00533. The molecule has 1 aliphatic rings. The maximum absolute atomic E-state index is 12.1. The first-order chi connectivity index (χ1) is 10.3. The van der Waals surface area contributed by atoms with Crippen molar-refractivity contribution in [2.24, 2.45) is 0 Å². The van der Waals surface area contributed by atoms with Crippen LogP contribution < -0.4 is 10.9 Å². The summed E-state index contributed by atoms with van der Waals surface area (Å²) in [4.78, 5) is 21.7. The number of rotatable bonds is 5. The number of H-pyrrole nitrogens is 1. The normalized spacial score (nSPS) is 19.2. The molecule has 6 heteroatoms. The highest BCUT2D eigenvalue weighted by molar-refractivity contribution is 7.99. The zero-order valence-corrected chi connectivity index (χ0v) is 13.9. The lowest BCUT2D eigenvalue weighted by atomic mass is 10.0. The predicted octanol–water partition coefficient (Wildman–Crippen LogP) is 3.17. The second kappa shape index (κ2) is 6.94. The predicted molar refractivity (Wildman–Crippen MR) is 90.6 cm³/mol. The number of aryl methyl sites for hydroxylation is 1. The van der Waals surface area contributed by atoms with Crippen molar-refractivity contribution in [3.63, 3.8) is 0 Å². The Morgan fingerprint density at radius 1 is 1.48 bits per heavy atom. The van der Waals surface area contributed by atoms with E-state index in [1.165, 1.54) is 24.1 Å². The van der Waals surface area contributed by atoms with Crippen molar-refractivity contribution < 1.29 is 0 Å². The fourth-order valence-corrected chi connectivity index (χ4v) is 4.61. The van der Waals surface area contributed by atoms with Gasteiger partial charge in [0.25, 0.3) is 5.56 Å². The molecule has 2 aromatic rings. The molecule has 3 rings (SSSR count). The van der Waals surface area contributed by atoms with Crippen molar-refractivity contribution in [3.05, 3.63) is 21.3 Å². The Kier molecular flexibility index (Phi) is 4.98. The van der Waals surface area contributed by atoms with Gasteiger partial charge >= 0.3 is 0 Å². The van der Waals surface area contributed by atoms with Crippen molar-refractivity contribution in [2.75, 3.05) is 12.3 Å². The Labute approximate surface area is 132 Å². The first-order valence-electron chi connectivity index (χ1n) is 7.65. The van der Waals surface area contributed by atoms with E-state index in [9.17, 15) is 4.79 Å². The van der Waals surface area contributed by atoms with Crippen LogP contribution in [0.1, 0.15) is 37.5 Å². The molecule has 1 aliphatic heterocycles. The van der Waals surface area contributed by atoms with Gasteiger partial charge in [-0.2, -0.15) is 0 Å². The van der Waals surface area contributed by atoms with Crippen LogP contribution >= 0.6 is 23.1 Å². The van der Waals surface area contributed by atoms with Crippen LogP contribution in [0.2, 0.25) is 0 Å². The van der Waals surface area contributed by atoms with Crippen molar-refractivity contribution in [1.82, 2.24) is 15.3 Å². The molecule has 1 unspecified atom stereocenters. The molecular formula is C15H21N3OS2. The molecule has 3 heterocycles. The summed E-state index contributed by atoms with van der Waals surface area (Å²) in [5, 5.41) is 5.04. The fraction of sp³-hybridized carbons (Fsp3) is 0.600. The molecule has 0 bridgehead atoms. The second-order valence-electron chi connectivity index (χ2n) is 5.44. The standard InChI is InChI=1S/C15H21N3OS2/c1-2-11-9-12-13(19)17-15(18-14(12)21-11)20-8-6-10-5-3-4-7-16-10/h9-10,16H,2-8H2,1H3,(H,17,18,19). The number of hydrogen-bond acceptors (Lipinski definition) is 5. The average molecular weight is 323 g/mol. The molecule has 1 atom stereocenters. The maximum Gasteiger partial charge on any atom is 0.260 e. The monoisotopic (exact) mass is 323 g/mol. The number of nitrogens with one attached hydrogen (secondary N) is 2. The van der Waals surface area contributed by atoms with Gasteiger partial charge in [0.05, 0.1) is 5.39 Å². The molecule has 2 N–H and O–H groups in total. The summed E-state index contributed by atoms with van der Waals surface area (Å²) in [5.74, 6) is 0.998. The van der Waals surface area contributed by atoms with Gasteiger partial charge in [-0.25, -0.2) is 4.98 Å². The Morgan fingerprint density at radius 3 is 3.14 bits per heavy atom. The summed E-state index contributed by atoms with van der Waals surface area (Å²) >= 11 is 3.29. The number of hydrogen-bond donors (Lipinski definition) is 2. The quantitative estimate of drug-likeness (QED) is 0.655. The maximum atomic E-state index is 12.1. The lowest BCUT2D eigenvalue weighted by Crippen LogP contribution is -2.34. The first-order valence-corrected chi connectivity index (χ1v) is 9.45. The molecule has 0 spiro atoms. The van der Waals surface area contributed by atoms with Crippen LogP contribution in [-0.2, 0) is 6.42 Å². The number of aromatic nitrogens is 2. The van der Waals surface area contributed by atoms with Crippen molar-refractivity contribution in [3.8, 4) is 0 Å². The largest absolute Gasteiger partial charge is 0.314 e. The molecule has 0 aromatic carbocycles. The number of fused-ring (bicyclic) bond motifs is 1. The van der Waals surface area contributed by atoms with Crippen LogP contribution in [-0.4, -0.2) is 28.3 Å². The van der Waals surface area contributed by atoms with E-state index in [2.05, 4.69) is 22.2 Å². The van der Waals surface area contributed by atoms with Crippen LogP contribution in [0.3, 0.4) is 0 Å². The van der Waals surface area contributed by atoms with Gasteiger partial charge in [-0.3, -0.25) is 4.79 Å². The van der Waals surface area contributed by atoms with E-state index in [0.29, 0.717) is 6.04 Å². The number of piperidine rings is 1. The molecule has 21 heavy (non-hydrogen) atoms. The van der Waals surface area contributed by atoms with Crippen LogP contribution in [0.25, 0.3) is 10.2 Å². The molecule has 1 saturated heterocycles. The van der Waals surface area contributed by atoms with Gasteiger partial charge in [-0.05, 0) is 38.3 Å². The van der Waals surface area contributed by atoms with E-state index in [4.69, 9.17) is 0 Å². The molecule has 0 saturated carbocycles. The lowest BCUT2D eigenvalue weighted by molar-refractivity contribution is 0.394. The summed E-state index contributed by atoms with van der Waals surface area (Å²) in [6, 6.07) is 2.60. The van der Waals surface area contributed by atoms with Crippen LogP contribution in [0.5, 0.6) is 0 Å². The van der Waals surface area contributed by atoms with Gasteiger partial charge in [-0.15, -0.1) is 11.3 Å². The zero-order valence-electron chi connectivity index (χ0n) is 12.3. The molecule has 1 fully saturated rings. The highest BCUT2D eigenvalue weighted by Crippen LogP contribution is 2.24. The number of thiophene rings is 1. The van der Waals surface area contributed by atoms with E-state index in [1.54, 1.807) is 23.1 Å². The Morgan fingerprint density at radius 2 is 2.38 bits per heavy atom. The van der Waals surface area contributed by atoms with Gasteiger partial charge < -0.3 is 10.3 Å². The van der Waals surface area contributed by atoms with Crippen molar-refractivity contribution in [1.29, 1.82) is 0 Å². The third-order valence-corrected chi connectivity index (χ3v) is 5.98. The Hall–Kier alpha value is -0.850. The Bertz CT molecular complexity index is 658. The lowest BCUT2D eigenvalue weighted by Gasteiger charge is -2.22. The van der Waals surface area contributed by atoms with Crippen LogP contribution in [0, 0.1) is 0 Å². The first kappa shape index (κ1) is 15.1. The van der Waals surface area contributed by atoms with E-state index in [1.807, 2.05) is 6.07 Å².